The third-order valence-electron chi connectivity index (χ3n) is 7.13. The van der Waals surface area contributed by atoms with Crippen LogP contribution in [0.2, 0.25) is 0 Å². The van der Waals surface area contributed by atoms with E-state index in [9.17, 15) is 40.5 Å². The van der Waals surface area contributed by atoms with Gasteiger partial charge in [-0.05, 0) is 31.6 Å². The van der Waals surface area contributed by atoms with E-state index in [2.05, 4.69) is 0 Å². The Labute approximate surface area is 209 Å². The van der Waals surface area contributed by atoms with E-state index in [-0.39, 0.29) is 18.8 Å². The standard InChI is InChI=1S/C24H38O12/c1-11-7-13(25)8-23(3,4)24(11,32)6-5-12(2)35-22-20(31)18(29)17(28)15(36-22)10-34-21-19(30)16(27)14(26)9-33-21/h5-7,12,14-22,26-32H,8-10H2,1-4H3/b6-5+/t12-,14+,15-,16+,17-,18+,19-,20-,21-,22-,24-/m0/s1. The van der Waals surface area contributed by atoms with Gasteiger partial charge in [0.1, 0.15) is 48.3 Å². The lowest BCUT2D eigenvalue weighted by Gasteiger charge is -2.44. The zero-order chi connectivity index (χ0) is 27.0. The molecule has 7 N–H and O–H groups in total. The topological polar surface area (TPSA) is 196 Å². The molecule has 2 aliphatic heterocycles. The first kappa shape index (κ1) is 29.3. The van der Waals surface area contributed by atoms with Crippen molar-refractivity contribution >= 4 is 5.78 Å². The zero-order valence-corrected chi connectivity index (χ0v) is 20.8. The summed E-state index contributed by atoms with van der Waals surface area (Å²) in [6, 6.07) is 0. The highest BCUT2D eigenvalue weighted by molar-refractivity contribution is 5.92. The van der Waals surface area contributed by atoms with Crippen LogP contribution in [0.4, 0.5) is 0 Å². The summed E-state index contributed by atoms with van der Waals surface area (Å²) in [6.07, 6.45) is -9.09. The molecule has 11 atom stereocenters. The molecule has 0 bridgehead atoms. The molecule has 0 aromatic rings. The number of hydrogen-bond donors (Lipinski definition) is 7. The second-order valence-corrected chi connectivity index (χ2v) is 10.4. The van der Waals surface area contributed by atoms with Crippen LogP contribution in [0.1, 0.15) is 34.1 Å². The van der Waals surface area contributed by atoms with Gasteiger partial charge in [-0.3, -0.25) is 4.79 Å². The van der Waals surface area contributed by atoms with E-state index in [1.54, 1.807) is 33.8 Å². The number of carbonyl (C=O) groups excluding carboxylic acids is 1. The van der Waals surface area contributed by atoms with Gasteiger partial charge in [-0.2, -0.15) is 0 Å². The van der Waals surface area contributed by atoms with Crippen molar-refractivity contribution in [3.8, 4) is 0 Å². The molecule has 0 radical (unpaired) electrons. The lowest BCUT2D eigenvalue weighted by Crippen LogP contribution is -2.60. The number of allylic oxidation sites excluding steroid dienone is 1. The summed E-state index contributed by atoms with van der Waals surface area (Å²) in [5.41, 5.74) is -1.69. The molecular formula is C24H38O12. The fourth-order valence-electron chi connectivity index (χ4n) is 4.68. The second kappa shape index (κ2) is 11.2. The molecule has 2 heterocycles. The highest BCUT2D eigenvalue weighted by Crippen LogP contribution is 2.44. The van der Waals surface area contributed by atoms with Gasteiger partial charge in [-0.15, -0.1) is 0 Å². The molecule has 2 saturated heterocycles. The third-order valence-corrected chi connectivity index (χ3v) is 7.13. The number of hydrogen-bond acceptors (Lipinski definition) is 12. The Kier molecular flexibility index (Phi) is 9.12. The van der Waals surface area contributed by atoms with Crippen LogP contribution in [0.3, 0.4) is 0 Å². The van der Waals surface area contributed by atoms with Gasteiger partial charge < -0.3 is 54.7 Å². The predicted octanol–water partition coefficient (Wildman–Crippen LogP) is -2.11. The van der Waals surface area contributed by atoms with Crippen molar-refractivity contribution in [3.05, 3.63) is 23.8 Å². The number of ether oxygens (including phenoxy) is 4. The van der Waals surface area contributed by atoms with Gasteiger partial charge in [0.15, 0.2) is 18.4 Å². The molecule has 12 heteroatoms. The van der Waals surface area contributed by atoms with E-state index in [1.165, 1.54) is 12.2 Å². The minimum absolute atomic E-state index is 0.0729. The Morgan fingerprint density at radius 1 is 1.06 bits per heavy atom. The van der Waals surface area contributed by atoms with Crippen LogP contribution >= 0.6 is 0 Å². The van der Waals surface area contributed by atoms with E-state index >= 15 is 0 Å². The van der Waals surface area contributed by atoms with Crippen LogP contribution in [-0.4, -0.2) is 122 Å². The largest absolute Gasteiger partial charge is 0.388 e. The molecule has 12 nitrogen and oxygen atoms in total. The van der Waals surface area contributed by atoms with Crippen LogP contribution < -0.4 is 0 Å². The van der Waals surface area contributed by atoms with Crippen molar-refractivity contribution < 1.29 is 59.5 Å². The molecule has 0 amide bonds. The maximum Gasteiger partial charge on any atom is 0.187 e. The molecule has 0 aromatic carbocycles. The van der Waals surface area contributed by atoms with E-state index < -0.39 is 79.0 Å². The first-order chi connectivity index (χ1) is 16.7. The normalized spacial score (nSPS) is 44.5. The van der Waals surface area contributed by atoms with Crippen molar-refractivity contribution in [1.82, 2.24) is 0 Å². The molecular weight excluding hydrogens is 480 g/mol. The van der Waals surface area contributed by atoms with Gasteiger partial charge in [0.25, 0.3) is 0 Å². The Morgan fingerprint density at radius 2 is 1.69 bits per heavy atom. The molecule has 3 aliphatic rings. The smallest absolute Gasteiger partial charge is 0.187 e. The number of carbonyl (C=O) groups is 1. The summed E-state index contributed by atoms with van der Waals surface area (Å²) < 4.78 is 21.9. The van der Waals surface area contributed by atoms with E-state index in [1.807, 2.05) is 0 Å². The average molecular weight is 519 g/mol. The molecule has 0 saturated carbocycles. The minimum Gasteiger partial charge on any atom is -0.388 e. The fraction of sp³-hybridized carbons (Fsp3) is 0.792. The fourth-order valence-corrected chi connectivity index (χ4v) is 4.68. The highest BCUT2D eigenvalue weighted by Gasteiger charge is 2.48. The Hall–Kier alpha value is -1.29. The summed E-state index contributed by atoms with van der Waals surface area (Å²) in [4.78, 5) is 11.9. The van der Waals surface area contributed by atoms with Gasteiger partial charge in [-0.25, -0.2) is 0 Å². The van der Waals surface area contributed by atoms with Crippen LogP contribution in [0.25, 0.3) is 0 Å². The lowest BCUT2D eigenvalue weighted by molar-refractivity contribution is -0.324. The zero-order valence-electron chi connectivity index (χ0n) is 20.8. The van der Waals surface area contributed by atoms with Crippen LogP contribution in [-0.2, 0) is 23.7 Å². The summed E-state index contributed by atoms with van der Waals surface area (Å²) in [5.74, 6) is -0.0729. The summed E-state index contributed by atoms with van der Waals surface area (Å²) >= 11 is 0. The molecule has 36 heavy (non-hydrogen) atoms. The predicted molar refractivity (Wildman–Crippen MR) is 122 cm³/mol. The molecule has 0 aromatic heterocycles. The summed E-state index contributed by atoms with van der Waals surface area (Å²) in [5, 5.41) is 71.6. The molecule has 3 rings (SSSR count). The molecule has 206 valence electrons. The quantitative estimate of drug-likeness (QED) is 0.181. The molecule has 0 unspecified atom stereocenters. The SMILES string of the molecule is CC1=CC(=O)CC(C)(C)[C@]1(O)/C=C/[C@H](C)O[C@H]1O[C@@H](CO[C@@H]2OC[C@@H](O)[C@@H](O)[C@@H]2O)[C@H](O)[C@@H](O)[C@@H]1O. The number of aliphatic hydroxyl groups is 7. The molecule has 0 spiro atoms. The van der Waals surface area contributed by atoms with Crippen molar-refractivity contribution in [2.24, 2.45) is 5.41 Å². The maximum atomic E-state index is 11.9. The second-order valence-electron chi connectivity index (χ2n) is 10.4. The minimum atomic E-state index is -1.64. The average Bonchev–Trinajstić information content (AvgIpc) is 2.80. The summed E-state index contributed by atoms with van der Waals surface area (Å²) in [7, 11) is 0. The number of ketones is 1. The monoisotopic (exact) mass is 518 g/mol. The van der Waals surface area contributed by atoms with Gasteiger partial charge in [0, 0.05) is 11.8 Å². The summed E-state index contributed by atoms with van der Waals surface area (Å²) in [6.45, 7) is 6.17. The third kappa shape index (κ3) is 5.89. The van der Waals surface area contributed by atoms with Crippen molar-refractivity contribution in [2.45, 2.75) is 101 Å². The molecule has 2 fully saturated rings. The first-order valence-corrected chi connectivity index (χ1v) is 11.9. The number of aliphatic hydroxyl groups excluding tert-OH is 6. The van der Waals surface area contributed by atoms with Crippen LogP contribution in [0.5, 0.6) is 0 Å². The number of rotatable bonds is 7. The van der Waals surface area contributed by atoms with Gasteiger partial charge >= 0.3 is 0 Å². The Balaban J connectivity index is 1.64. The highest BCUT2D eigenvalue weighted by atomic mass is 16.7. The van der Waals surface area contributed by atoms with E-state index in [4.69, 9.17) is 18.9 Å². The maximum absolute atomic E-state index is 11.9. The van der Waals surface area contributed by atoms with Crippen molar-refractivity contribution in [3.63, 3.8) is 0 Å². The Bertz CT molecular complexity index is 843. The van der Waals surface area contributed by atoms with Gasteiger partial charge in [0.05, 0.1) is 19.3 Å². The van der Waals surface area contributed by atoms with Crippen LogP contribution in [0.15, 0.2) is 23.8 Å². The van der Waals surface area contributed by atoms with Crippen molar-refractivity contribution in [2.75, 3.05) is 13.2 Å². The van der Waals surface area contributed by atoms with Crippen molar-refractivity contribution in [1.29, 1.82) is 0 Å². The van der Waals surface area contributed by atoms with E-state index in [0.717, 1.165) is 0 Å². The first-order valence-electron chi connectivity index (χ1n) is 11.9. The Morgan fingerprint density at radius 3 is 2.33 bits per heavy atom. The van der Waals surface area contributed by atoms with Crippen LogP contribution in [0, 0.1) is 5.41 Å². The van der Waals surface area contributed by atoms with E-state index in [0.29, 0.717) is 5.57 Å². The molecule has 1 aliphatic carbocycles. The lowest BCUT2D eigenvalue weighted by atomic mass is 9.64. The van der Waals surface area contributed by atoms with Gasteiger partial charge in [0.2, 0.25) is 0 Å². The van der Waals surface area contributed by atoms with Gasteiger partial charge in [-0.1, -0.05) is 19.9 Å².